The number of aryl methyl sites for hydroxylation is 4. The number of esters is 4. The molecular formula is C112H120F8N4O16S4+4. The number of benzene rings is 12. The zero-order chi connectivity index (χ0) is 102. The first-order valence-corrected chi connectivity index (χ1v) is 52.1. The molecule has 8 aliphatic heterocycles. The van der Waals surface area contributed by atoms with Crippen molar-refractivity contribution >= 4 is 67.5 Å². The molecule has 0 amide bonds. The Kier molecular flexibility index (Phi) is 40.6. The summed E-state index contributed by atoms with van der Waals surface area (Å²) in [6, 6.07) is 102. The van der Waals surface area contributed by atoms with Crippen LogP contribution in [0.15, 0.2) is 350 Å². The minimum Gasteiger partial charge on any atom is -0.458 e. The number of fused-ring (bicyclic) bond motifs is 8. The Morgan fingerprint density at radius 2 is 0.375 bits per heavy atom. The third-order valence-electron chi connectivity index (χ3n) is 22.2. The largest absolute Gasteiger partial charge is 0.458 e. The molecule has 0 saturated carbocycles. The molecule has 0 atom stereocenters. The van der Waals surface area contributed by atoms with Crippen LogP contribution in [-0.2, 0) is 101 Å². The Bertz CT molecular complexity index is 5200. The molecule has 0 aromatic heterocycles. The van der Waals surface area contributed by atoms with Crippen LogP contribution in [0.4, 0.5) is 35.1 Å². The maximum Gasteiger partial charge on any atom is 0.320 e. The van der Waals surface area contributed by atoms with Crippen LogP contribution in [0.25, 0.3) is 0 Å². The van der Waals surface area contributed by atoms with Crippen molar-refractivity contribution < 1.29 is 111 Å². The summed E-state index contributed by atoms with van der Waals surface area (Å²) < 4.78 is 161. The molecule has 0 aliphatic carbocycles. The molecule has 0 N–H and O–H groups in total. The van der Waals surface area contributed by atoms with Gasteiger partial charge in [0.25, 0.3) is 23.7 Å². The van der Waals surface area contributed by atoms with E-state index in [1.807, 2.05) is 68.1 Å². The third kappa shape index (κ3) is 34.2. The fraction of sp³-hybridized carbons (Fsp3) is 0.321. The molecule has 20 rings (SSSR count). The van der Waals surface area contributed by atoms with Crippen molar-refractivity contribution in [1.82, 2.24) is 19.6 Å². The summed E-state index contributed by atoms with van der Waals surface area (Å²) in [5.41, 5.74) is 5.16. The minimum atomic E-state index is -2.96. The van der Waals surface area contributed by atoms with Crippen molar-refractivity contribution in [3.63, 3.8) is 0 Å². The van der Waals surface area contributed by atoms with E-state index >= 15 is 0 Å². The second-order valence-corrected chi connectivity index (χ2v) is 42.8. The number of ether oxygens (including phenoxy) is 12. The van der Waals surface area contributed by atoms with E-state index in [4.69, 9.17) is 37.9 Å². The second-order valence-electron chi connectivity index (χ2n) is 34.9. The Balaban J connectivity index is 0.000000139. The molecule has 4 saturated heterocycles. The Morgan fingerprint density at radius 1 is 0.236 bits per heavy atom. The third-order valence-corrected chi connectivity index (χ3v) is 31.4. The van der Waals surface area contributed by atoms with E-state index < -0.39 is 74.0 Å². The van der Waals surface area contributed by atoms with Crippen LogP contribution in [0.1, 0.15) is 49.9 Å². The van der Waals surface area contributed by atoms with Gasteiger partial charge in [0.05, 0.1) is 79.0 Å². The summed E-state index contributed by atoms with van der Waals surface area (Å²) in [6.45, 7) is 17.8. The Morgan fingerprint density at radius 3 is 0.514 bits per heavy atom. The molecule has 12 aromatic carbocycles. The number of carbonyl (C=O) groups excluding carboxylic acids is 4. The summed E-state index contributed by atoms with van der Waals surface area (Å²) in [6.07, 6.45) is 0. The van der Waals surface area contributed by atoms with Gasteiger partial charge in [-0.25, -0.2) is 35.1 Å². The summed E-state index contributed by atoms with van der Waals surface area (Å²) in [4.78, 5) is 67.2. The normalized spacial score (nSPS) is 15.6. The summed E-state index contributed by atoms with van der Waals surface area (Å²) in [5, 5.41) is 0. The average Bonchev–Trinajstić information content (AvgIpc) is 0.775. The number of alkyl halides is 8. The van der Waals surface area contributed by atoms with Crippen LogP contribution in [0.2, 0.25) is 0 Å². The second kappa shape index (κ2) is 53.4. The van der Waals surface area contributed by atoms with Crippen molar-refractivity contribution in [3.8, 4) is 46.0 Å². The molecule has 0 radical (unpaired) electrons. The fourth-order valence-electron chi connectivity index (χ4n) is 15.1. The zero-order valence-electron chi connectivity index (χ0n) is 81.7. The number of carbonyl (C=O) groups is 4. The van der Waals surface area contributed by atoms with Gasteiger partial charge in [-0.3, -0.25) is 38.8 Å². The lowest BCUT2D eigenvalue weighted by Crippen LogP contribution is -2.40. The van der Waals surface area contributed by atoms with Crippen LogP contribution in [0.3, 0.4) is 0 Å². The van der Waals surface area contributed by atoms with Gasteiger partial charge in [0, 0.05) is 80.1 Å². The number of hydrogen-bond acceptors (Lipinski definition) is 20. The molecule has 4 fully saturated rings. The molecule has 12 aromatic rings. The van der Waals surface area contributed by atoms with E-state index in [0.29, 0.717) is 105 Å². The fourth-order valence-corrected chi connectivity index (χ4v) is 23.9. The topological polar surface area (TPSA) is 192 Å². The summed E-state index contributed by atoms with van der Waals surface area (Å²) >= 11 is 0. The zero-order valence-corrected chi connectivity index (χ0v) is 84.9. The van der Waals surface area contributed by atoms with Crippen LogP contribution in [0, 0.1) is 27.7 Å². The molecule has 8 aliphatic rings. The summed E-state index contributed by atoms with van der Waals surface area (Å²) in [5.74, 6) is -6.50. The van der Waals surface area contributed by atoms with Crippen LogP contribution in [0.5, 0.6) is 46.0 Å². The van der Waals surface area contributed by atoms with Crippen LogP contribution in [-0.4, -0.2) is 225 Å². The smallest absolute Gasteiger partial charge is 0.320 e. The monoisotopic (exact) mass is 2060 g/mol. The Labute approximate surface area is 847 Å². The Hall–Kier alpha value is -11.8. The number of nitrogens with zero attached hydrogens (tertiary/aromatic N) is 4. The first kappa shape index (κ1) is 109. The van der Waals surface area contributed by atoms with Gasteiger partial charge in [-0.2, -0.15) is 0 Å². The van der Waals surface area contributed by atoms with Crippen LogP contribution < -0.4 is 18.9 Å². The van der Waals surface area contributed by atoms with Crippen molar-refractivity contribution in [2.75, 3.05) is 158 Å². The highest BCUT2D eigenvalue weighted by Gasteiger charge is 2.44. The first-order valence-electron chi connectivity index (χ1n) is 47.2. The molecule has 20 nitrogen and oxygen atoms in total. The van der Waals surface area contributed by atoms with Gasteiger partial charge in [0.15, 0.2) is 92.0 Å². The number of hydrogen-bond donors (Lipinski definition) is 0. The lowest BCUT2D eigenvalue weighted by atomic mass is 10.2. The van der Waals surface area contributed by atoms with Crippen molar-refractivity contribution in [2.45, 2.75) is 138 Å². The van der Waals surface area contributed by atoms with Gasteiger partial charge in [-0.1, -0.05) is 168 Å². The van der Waals surface area contributed by atoms with E-state index in [1.165, 1.54) is 81.0 Å². The predicted molar refractivity (Wildman–Crippen MR) is 541 cm³/mol. The number of rotatable bonds is 20. The SMILES string of the molecule is CC(F)(F)COC(=O)CN1CCOCC1.CC(F)(F)COC(=O)CN1CCOCC1.CC(F)(F)COC(=O)CN1CCOCC1.CC(F)(F)COC(=O)CN1CCOCC1.Cc1ccc([S+]2c3ccccc3Oc3ccccc32)cc1.Cc1ccc([S+]2c3ccccc3Oc3ccccc32)cc1.Cc1ccc([S+]2c3ccccc3Oc3ccccc32)cc1.Cc1ccc([S+]2c3ccccc3Oc3ccccc32)cc1. The molecule has 0 bridgehead atoms. The molecule has 8 heterocycles. The van der Waals surface area contributed by atoms with Crippen molar-refractivity contribution in [2.24, 2.45) is 0 Å². The number of para-hydroxylation sites is 8. The standard InChI is InChI=1S/4C19H15OS.4C9H15F2NO3/c4*1-14-10-12-15(13-11-14)21-18-8-4-2-6-16(18)20-17-7-3-5-9-19(17)21;4*1-9(10,11)7-15-8(13)6-12-2-4-14-5-3-12/h4*2-13H,1H3;4*2-7H2,1H3/q4*+1;;;;. The lowest BCUT2D eigenvalue weighted by molar-refractivity contribution is -0.156. The highest BCUT2D eigenvalue weighted by Crippen LogP contribution is 2.51. The summed E-state index contributed by atoms with van der Waals surface area (Å²) in [7, 11) is -0.365. The van der Waals surface area contributed by atoms with Crippen molar-refractivity contribution in [1.29, 1.82) is 0 Å². The van der Waals surface area contributed by atoms with Gasteiger partial charge in [0.1, 0.15) is 43.6 Å². The van der Waals surface area contributed by atoms with Crippen molar-refractivity contribution in [3.05, 3.63) is 313 Å². The maximum atomic E-state index is 12.4. The highest BCUT2D eigenvalue weighted by molar-refractivity contribution is 7.98. The van der Waals surface area contributed by atoms with Crippen LogP contribution >= 0.6 is 0 Å². The lowest BCUT2D eigenvalue weighted by Gasteiger charge is -2.25. The highest BCUT2D eigenvalue weighted by atomic mass is 32.2. The van der Waals surface area contributed by atoms with E-state index in [-0.39, 0.29) is 69.8 Å². The first-order chi connectivity index (χ1) is 69.2. The van der Waals surface area contributed by atoms with Gasteiger partial charge in [0.2, 0.25) is 39.2 Å². The maximum absolute atomic E-state index is 12.4. The van der Waals surface area contributed by atoms with Gasteiger partial charge >= 0.3 is 23.9 Å². The molecule has 0 spiro atoms. The minimum absolute atomic E-state index is 0.0550. The predicted octanol–water partition coefficient (Wildman–Crippen LogP) is 22.9. The quantitative estimate of drug-likeness (QED) is 0.0302. The van der Waals surface area contributed by atoms with E-state index in [2.05, 4.69) is 289 Å². The molecule has 0 unspecified atom stereocenters. The molecular weight excluding hydrogens is 1940 g/mol. The molecule has 760 valence electrons. The van der Waals surface area contributed by atoms with Gasteiger partial charge in [-0.05, 0) is 173 Å². The van der Waals surface area contributed by atoms with E-state index in [0.717, 1.165) is 73.7 Å². The molecule has 144 heavy (non-hydrogen) atoms. The van der Waals surface area contributed by atoms with E-state index in [9.17, 15) is 54.3 Å². The van der Waals surface area contributed by atoms with Gasteiger partial charge in [-0.15, -0.1) is 0 Å². The van der Waals surface area contributed by atoms with Gasteiger partial charge < -0.3 is 56.8 Å². The average molecular weight is 2060 g/mol. The number of morpholine rings is 4. The number of halogens is 8. The molecule has 32 heteroatoms. The van der Waals surface area contributed by atoms with E-state index in [1.54, 1.807) is 0 Å².